The molecule has 11 heavy (non-hydrogen) atoms. The highest BCUT2D eigenvalue weighted by Gasteiger charge is 2.36. The molecule has 0 aliphatic heterocycles. The highest BCUT2D eigenvalue weighted by atomic mass is 16.5. The van der Waals surface area contributed by atoms with E-state index in [1.807, 2.05) is 0 Å². The van der Waals surface area contributed by atoms with E-state index in [1.165, 1.54) is 7.11 Å². The molecule has 0 bridgehead atoms. The predicted molar refractivity (Wildman–Crippen MR) is 43.1 cm³/mol. The lowest BCUT2D eigenvalue weighted by atomic mass is 9.69. The van der Waals surface area contributed by atoms with Crippen LogP contribution in [0.4, 0.5) is 0 Å². The molecule has 0 heterocycles. The number of ether oxygens (including phenoxy) is 1. The highest BCUT2D eigenvalue weighted by molar-refractivity contribution is 5.73. The number of carbonyl (C=O) groups is 1. The fraction of sp³-hybridized carbons (Fsp3) is 0.889. The van der Waals surface area contributed by atoms with E-state index >= 15 is 0 Å². The number of hydrogen-bond donors (Lipinski definition) is 0. The molecule has 64 valence electrons. The summed E-state index contributed by atoms with van der Waals surface area (Å²) in [6, 6.07) is 0. The average molecular weight is 156 g/mol. The molecule has 1 saturated carbocycles. The minimum absolute atomic E-state index is 0.0260. The zero-order chi connectivity index (χ0) is 8.43. The molecule has 0 spiro atoms. The van der Waals surface area contributed by atoms with Gasteiger partial charge >= 0.3 is 5.97 Å². The first kappa shape index (κ1) is 8.57. The molecule has 0 aromatic carbocycles. The van der Waals surface area contributed by atoms with Gasteiger partial charge in [-0.15, -0.1) is 0 Å². The van der Waals surface area contributed by atoms with Crippen LogP contribution in [-0.4, -0.2) is 13.1 Å². The lowest BCUT2D eigenvalue weighted by Gasteiger charge is -2.35. The van der Waals surface area contributed by atoms with Crippen LogP contribution in [0.1, 0.15) is 26.7 Å². The smallest absolute Gasteiger partial charge is 0.308 e. The third-order valence-electron chi connectivity index (χ3n) is 2.65. The molecule has 0 amide bonds. The Balaban J connectivity index is 2.24. The maximum absolute atomic E-state index is 10.9. The van der Waals surface area contributed by atoms with Crippen LogP contribution in [0.3, 0.4) is 0 Å². The lowest BCUT2D eigenvalue weighted by Crippen LogP contribution is -2.33. The first-order valence-corrected chi connectivity index (χ1v) is 4.23. The van der Waals surface area contributed by atoms with Crippen LogP contribution in [0, 0.1) is 17.8 Å². The van der Waals surface area contributed by atoms with Gasteiger partial charge in [-0.05, 0) is 24.7 Å². The van der Waals surface area contributed by atoms with E-state index < -0.39 is 0 Å². The Morgan fingerprint density at radius 2 is 2.00 bits per heavy atom. The molecule has 0 saturated heterocycles. The minimum Gasteiger partial charge on any atom is -0.469 e. The maximum Gasteiger partial charge on any atom is 0.308 e. The summed E-state index contributed by atoms with van der Waals surface area (Å²) in [7, 11) is 1.46. The van der Waals surface area contributed by atoms with Crippen molar-refractivity contribution in [3.8, 4) is 0 Å². The van der Waals surface area contributed by atoms with Crippen molar-refractivity contribution in [2.45, 2.75) is 26.7 Å². The van der Waals surface area contributed by atoms with Crippen LogP contribution < -0.4 is 0 Å². The summed E-state index contributed by atoms with van der Waals surface area (Å²) in [5.74, 6) is 1.64. The van der Waals surface area contributed by atoms with Crippen LogP contribution >= 0.6 is 0 Å². The minimum atomic E-state index is -0.0260. The third kappa shape index (κ3) is 1.73. The summed E-state index contributed by atoms with van der Waals surface area (Å²) in [4.78, 5) is 10.9. The monoisotopic (exact) mass is 156 g/mol. The van der Waals surface area contributed by atoms with Gasteiger partial charge in [0, 0.05) is 0 Å². The van der Waals surface area contributed by atoms with E-state index in [1.54, 1.807) is 0 Å². The van der Waals surface area contributed by atoms with E-state index in [0.29, 0.717) is 0 Å². The van der Waals surface area contributed by atoms with E-state index in [9.17, 15) is 4.79 Å². The highest BCUT2D eigenvalue weighted by Crippen LogP contribution is 2.39. The largest absolute Gasteiger partial charge is 0.469 e. The number of hydrogen-bond acceptors (Lipinski definition) is 2. The van der Waals surface area contributed by atoms with Gasteiger partial charge in [-0.3, -0.25) is 4.79 Å². The Kier molecular flexibility index (Phi) is 2.53. The Hall–Kier alpha value is -0.530. The second-order valence-electron chi connectivity index (χ2n) is 3.70. The summed E-state index contributed by atoms with van der Waals surface area (Å²) >= 11 is 0. The molecule has 0 unspecified atom stereocenters. The molecule has 1 fully saturated rings. The Bertz CT molecular complexity index is 146. The van der Waals surface area contributed by atoms with Crippen molar-refractivity contribution in [2.75, 3.05) is 7.11 Å². The summed E-state index contributed by atoms with van der Waals surface area (Å²) in [5, 5.41) is 0. The van der Waals surface area contributed by atoms with Crippen molar-refractivity contribution in [3.05, 3.63) is 0 Å². The van der Waals surface area contributed by atoms with Gasteiger partial charge in [0.05, 0.1) is 13.0 Å². The quantitative estimate of drug-likeness (QED) is 0.570. The van der Waals surface area contributed by atoms with Crippen molar-refractivity contribution in [3.63, 3.8) is 0 Å². The van der Waals surface area contributed by atoms with Crippen LogP contribution in [-0.2, 0) is 9.53 Å². The van der Waals surface area contributed by atoms with Crippen molar-refractivity contribution >= 4 is 5.97 Å². The molecule has 1 aliphatic rings. The molecule has 0 radical (unpaired) electrons. The topological polar surface area (TPSA) is 26.3 Å². The second-order valence-corrected chi connectivity index (χ2v) is 3.70. The van der Waals surface area contributed by atoms with E-state index in [2.05, 4.69) is 18.6 Å². The van der Waals surface area contributed by atoms with Gasteiger partial charge in [0.15, 0.2) is 0 Å². The van der Waals surface area contributed by atoms with Crippen LogP contribution in [0.2, 0.25) is 0 Å². The van der Waals surface area contributed by atoms with E-state index in [0.717, 1.165) is 24.7 Å². The van der Waals surface area contributed by atoms with Crippen LogP contribution in [0.5, 0.6) is 0 Å². The molecule has 2 heteroatoms. The van der Waals surface area contributed by atoms with Gasteiger partial charge in [-0.2, -0.15) is 0 Å². The van der Waals surface area contributed by atoms with Gasteiger partial charge < -0.3 is 4.74 Å². The molecule has 1 aliphatic carbocycles. The van der Waals surface area contributed by atoms with Crippen molar-refractivity contribution < 1.29 is 9.53 Å². The summed E-state index contributed by atoms with van der Waals surface area (Å²) in [5.41, 5.74) is 0. The number of methoxy groups -OCH3 is 1. The molecule has 0 aromatic rings. The van der Waals surface area contributed by atoms with Gasteiger partial charge in [0.2, 0.25) is 0 Å². The van der Waals surface area contributed by atoms with Crippen molar-refractivity contribution in [1.82, 2.24) is 0 Å². The summed E-state index contributed by atoms with van der Waals surface area (Å²) in [6.45, 7) is 4.41. The first-order valence-electron chi connectivity index (χ1n) is 4.23. The third-order valence-corrected chi connectivity index (χ3v) is 2.65. The predicted octanol–water partition coefficient (Wildman–Crippen LogP) is 1.84. The summed E-state index contributed by atoms with van der Waals surface area (Å²) < 4.78 is 4.64. The molecule has 0 atom stereocenters. The van der Waals surface area contributed by atoms with Crippen molar-refractivity contribution in [2.24, 2.45) is 17.8 Å². The molecule has 2 nitrogen and oxygen atoms in total. The second kappa shape index (κ2) is 3.24. The molecular formula is C9H16O2. The number of esters is 1. The van der Waals surface area contributed by atoms with E-state index in [-0.39, 0.29) is 11.9 Å². The molecular weight excluding hydrogens is 140 g/mol. The zero-order valence-electron chi connectivity index (χ0n) is 7.46. The lowest BCUT2D eigenvalue weighted by molar-refractivity contribution is -0.150. The molecule has 0 N–H and O–H groups in total. The van der Waals surface area contributed by atoms with Crippen molar-refractivity contribution in [1.29, 1.82) is 0 Å². The number of rotatable bonds is 2. The van der Waals surface area contributed by atoms with Gasteiger partial charge in [0.25, 0.3) is 0 Å². The standard InChI is InChI=1S/C9H16O2/c1-6(2)7-4-8(5-7)9(10)11-3/h6-8H,4-5H2,1-3H3. The van der Waals surface area contributed by atoms with Gasteiger partial charge in [-0.1, -0.05) is 13.8 Å². The fourth-order valence-electron chi connectivity index (χ4n) is 1.57. The SMILES string of the molecule is COC(=O)C1CC(C(C)C)C1. The van der Waals surface area contributed by atoms with Crippen LogP contribution in [0.15, 0.2) is 0 Å². The molecule has 0 aromatic heterocycles. The molecule has 1 rings (SSSR count). The normalized spacial score (nSPS) is 29.8. The maximum atomic E-state index is 10.9. The van der Waals surface area contributed by atoms with E-state index in [4.69, 9.17) is 0 Å². The first-order chi connectivity index (χ1) is 5.15. The summed E-state index contributed by atoms with van der Waals surface area (Å²) in [6.07, 6.45) is 2.06. The van der Waals surface area contributed by atoms with Crippen LogP contribution in [0.25, 0.3) is 0 Å². The Morgan fingerprint density at radius 3 is 2.36 bits per heavy atom. The number of carbonyl (C=O) groups excluding carboxylic acids is 1. The van der Waals surface area contributed by atoms with Gasteiger partial charge in [0.1, 0.15) is 0 Å². The average Bonchev–Trinajstić information content (AvgIpc) is 1.83. The zero-order valence-corrected chi connectivity index (χ0v) is 7.46. The fourth-order valence-corrected chi connectivity index (χ4v) is 1.57. The van der Waals surface area contributed by atoms with Gasteiger partial charge in [-0.25, -0.2) is 0 Å². The Labute approximate surface area is 67.9 Å². The Morgan fingerprint density at radius 1 is 1.45 bits per heavy atom.